The Kier molecular flexibility index (Phi) is 4.66. The zero-order chi connectivity index (χ0) is 12.8. The molecule has 0 heterocycles. The van der Waals surface area contributed by atoms with Gasteiger partial charge in [-0.25, -0.2) is 4.79 Å². The number of rotatable bonds is 5. The van der Waals surface area contributed by atoms with Crippen molar-refractivity contribution in [2.75, 3.05) is 27.2 Å². The van der Waals surface area contributed by atoms with Gasteiger partial charge in [0.05, 0.1) is 11.1 Å². The molecule has 1 rings (SSSR count). The Bertz CT molecular complexity index is 418. The summed E-state index contributed by atoms with van der Waals surface area (Å²) in [5.41, 5.74) is 0.257. The van der Waals surface area contributed by atoms with Gasteiger partial charge in [0.25, 0.3) is 5.91 Å². The van der Waals surface area contributed by atoms with Crippen LogP contribution in [0.1, 0.15) is 20.7 Å². The van der Waals surface area contributed by atoms with Crippen molar-refractivity contribution >= 4 is 11.9 Å². The normalized spacial score (nSPS) is 10.0. The van der Waals surface area contributed by atoms with E-state index >= 15 is 0 Å². The molecule has 1 amide bonds. The molecule has 0 saturated heterocycles. The van der Waals surface area contributed by atoms with E-state index in [4.69, 9.17) is 5.11 Å². The van der Waals surface area contributed by atoms with Crippen molar-refractivity contribution in [3.63, 3.8) is 0 Å². The van der Waals surface area contributed by atoms with Crippen molar-refractivity contribution in [3.8, 4) is 0 Å². The third kappa shape index (κ3) is 3.29. The highest BCUT2D eigenvalue weighted by Gasteiger charge is 2.18. The van der Waals surface area contributed by atoms with E-state index in [2.05, 4.69) is 5.32 Å². The number of nitrogens with one attached hydrogen (secondary N) is 1. The quantitative estimate of drug-likeness (QED) is 0.788. The number of likely N-dealkylation sites (N-methyl/N-ethyl adjacent to an activating group) is 2. The molecule has 0 aromatic heterocycles. The molecule has 5 nitrogen and oxygen atoms in total. The molecule has 0 aliphatic rings. The van der Waals surface area contributed by atoms with E-state index in [9.17, 15) is 9.59 Å². The molecule has 17 heavy (non-hydrogen) atoms. The summed E-state index contributed by atoms with van der Waals surface area (Å²) in [5.74, 6) is -1.37. The summed E-state index contributed by atoms with van der Waals surface area (Å²) >= 11 is 0. The van der Waals surface area contributed by atoms with Gasteiger partial charge >= 0.3 is 5.97 Å². The molecule has 0 spiro atoms. The molecule has 0 saturated carbocycles. The van der Waals surface area contributed by atoms with Gasteiger partial charge in [-0.1, -0.05) is 12.1 Å². The standard InChI is InChI=1S/C12H16N2O3/c1-13-7-8-14(2)11(15)9-5-3-4-6-10(9)12(16)17/h3-6,13H,7-8H2,1-2H3,(H,16,17). The number of aromatic carboxylic acids is 1. The van der Waals surface area contributed by atoms with Gasteiger partial charge in [0, 0.05) is 20.1 Å². The van der Waals surface area contributed by atoms with Crippen molar-refractivity contribution in [1.82, 2.24) is 10.2 Å². The Morgan fingerprint density at radius 3 is 2.41 bits per heavy atom. The molecule has 0 aliphatic carbocycles. The number of hydrogen-bond acceptors (Lipinski definition) is 3. The van der Waals surface area contributed by atoms with Crippen LogP contribution in [-0.4, -0.2) is 49.1 Å². The number of benzene rings is 1. The monoisotopic (exact) mass is 236 g/mol. The highest BCUT2D eigenvalue weighted by atomic mass is 16.4. The summed E-state index contributed by atoms with van der Waals surface area (Å²) in [7, 11) is 3.45. The Labute approximate surface area is 100 Å². The van der Waals surface area contributed by atoms with Gasteiger partial charge in [0.15, 0.2) is 0 Å². The Morgan fingerprint density at radius 1 is 1.29 bits per heavy atom. The molecule has 0 atom stereocenters. The van der Waals surface area contributed by atoms with Crippen LogP contribution < -0.4 is 5.32 Å². The van der Waals surface area contributed by atoms with Gasteiger partial charge < -0.3 is 15.3 Å². The topological polar surface area (TPSA) is 69.6 Å². The lowest BCUT2D eigenvalue weighted by atomic mass is 10.1. The molecule has 0 aliphatic heterocycles. The lowest BCUT2D eigenvalue weighted by Crippen LogP contribution is -2.33. The summed E-state index contributed by atoms with van der Waals surface area (Å²) in [6.07, 6.45) is 0. The first-order valence-corrected chi connectivity index (χ1v) is 5.30. The predicted molar refractivity (Wildman–Crippen MR) is 64.3 cm³/mol. The van der Waals surface area contributed by atoms with Crippen LogP contribution in [0.2, 0.25) is 0 Å². The third-order valence-electron chi connectivity index (χ3n) is 2.43. The number of carbonyl (C=O) groups excluding carboxylic acids is 1. The summed E-state index contributed by atoms with van der Waals surface area (Å²) < 4.78 is 0. The maximum atomic E-state index is 12.0. The van der Waals surface area contributed by atoms with Crippen LogP contribution in [0.3, 0.4) is 0 Å². The van der Waals surface area contributed by atoms with E-state index in [0.717, 1.165) is 0 Å². The van der Waals surface area contributed by atoms with Crippen molar-refractivity contribution in [3.05, 3.63) is 35.4 Å². The molecule has 1 aromatic rings. The van der Waals surface area contributed by atoms with Crippen LogP contribution in [0.5, 0.6) is 0 Å². The maximum absolute atomic E-state index is 12.0. The van der Waals surface area contributed by atoms with Crippen LogP contribution >= 0.6 is 0 Å². The predicted octanol–water partition coefficient (Wildman–Crippen LogP) is 0.676. The van der Waals surface area contributed by atoms with Crippen molar-refractivity contribution < 1.29 is 14.7 Å². The second-order valence-electron chi connectivity index (χ2n) is 3.68. The summed E-state index contributed by atoms with van der Waals surface area (Å²) in [6.45, 7) is 1.20. The number of hydrogen-bond donors (Lipinski definition) is 2. The summed E-state index contributed by atoms with van der Waals surface area (Å²) in [6, 6.07) is 6.22. The molecule has 2 N–H and O–H groups in total. The average molecular weight is 236 g/mol. The first-order chi connectivity index (χ1) is 8.07. The van der Waals surface area contributed by atoms with Crippen LogP contribution in [0.25, 0.3) is 0 Å². The molecule has 0 bridgehead atoms. The number of carboxylic acids is 1. The number of amides is 1. The summed E-state index contributed by atoms with van der Waals surface area (Å²) in [4.78, 5) is 24.5. The van der Waals surface area contributed by atoms with Crippen molar-refractivity contribution in [2.24, 2.45) is 0 Å². The molecule has 1 aromatic carbocycles. The number of carbonyl (C=O) groups is 2. The molecule has 0 radical (unpaired) electrons. The minimum atomic E-state index is -1.09. The SMILES string of the molecule is CNCCN(C)C(=O)c1ccccc1C(=O)O. The van der Waals surface area contributed by atoms with Crippen molar-refractivity contribution in [2.45, 2.75) is 0 Å². The highest BCUT2D eigenvalue weighted by Crippen LogP contribution is 2.11. The largest absolute Gasteiger partial charge is 0.478 e. The second-order valence-corrected chi connectivity index (χ2v) is 3.68. The van der Waals surface area contributed by atoms with Crippen LogP contribution in [0.15, 0.2) is 24.3 Å². The van der Waals surface area contributed by atoms with Gasteiger partial charge in [0.1, 0.15) is 0 Å². The lowest BCUT2D eigenvalue weighted by Gasteiger charge is -2.17. The van der Waals surface area contributed by atoms with E-state index in [0.29, 0.717) is 13.1 Å². The zero-order valence-electron chi connectivity index (χ0n) is 9.93. The molecular weight excluding hydrogens is 220 g/mol. The fourth-order valence-electron chi connectivity index (χ4n) is 1.44. The summed E-state index contributed by atoms with van der Waals surface area (Å²) in [5, 5.41) is 11.9. The van der Waals surface area contributed by atoms with Gasteiger partial charge in [-0.15, -0.1) is 0 Å². The smallest absolute Gasteiger partial charge is 0.336 e. The number of nitrogens with zero attached hydrogens (tertiary/aromatic N) is 1. The van der Waals surface area contributed by atoms with E-state index in [1.165, 1.54) is 17.0 Å². The van der Waals surface area contributed by atoms with Gasteiger partial charge in [-0.2, -0.15) is 0 Å². The maximum Gasteiger partial charge on any atom is 0.336 e. The minimum Gasteiger partial charge on any atom is -0.478 e. The molecule has 5 heteroatoms. The highest BCUT2D eigenvalue weighted by molar-refractivity contribution is 6.04. The van der Waals surface area contributed by atoms with Crippen LogP contribution in [0, 0.1) is 0 Å². The van der Waals surface area contributed by atoms with Gasteiger partial charge in [-0.3, -0.25) is 4.79 Å². The fraction of sp³-hybridized carbons (Fsp3) is 0.333. The average Bonchev–Trinajstić information content (AvgIpc) is 2.34. The van der Waals surface area contributed by atoms with Crippen molar-refractivity contribution in [1.29, 1.82) is 0 Å². The molecule has 92 valence electrons. The van der Waals surface area contributed by atoms with E-state index in [1.54, 1.807) is 26.2 Å². The Hall–Kier alpha value is -1.88. The first-order valence-electron chi connectivity index (χ1n) is 5.30. The van der Waals surface area contributed by atoms with E-state index < -0.39 is 5.97 Å². The number of carboxylic acid groups (broad SMARTS) is 1. The zero-order valence-corrected chi connectivity index (χ0v) is 9.93. The first kappa shape index (κ1) is 13.2. The fourth-order valence-corrected chi connectivity index (χ4v) is 1.44. The van der Waals surface area contributed by atoms with Crippen LogP contribution in [-0.2, 0) is 0 Å². The Balaban J connectivity index is 2.92. The molecule has 0 unspecified atom stereocenters. The van der Waals surface area contributed by atoms with Gasteiger partial charge in [0.2, 0.25) is 0 Å². The van der Waals surface area contributed by atoms with E-state index in [1.807, 2.05) is 0 Å². The molecule has 0 fully saturated rings. The second kappa shape index (κ2) is 6.00. The lowest BCUT2D eigenvalue weighted by molar-refractivity contribution is 0.0682. The Morgan fingerprint density at radius 2 is 1.88 bits per heavy atom. The van der Waals surface area contributed by atoms with Gasteiger partial charge in [-0.05, 0) is 19.2 Å². The van der Waals surface area contributed by atoms with Crippen LogP contribution in [0.4, 0.5) is 0 Å². The third-order valence-corrected chi connectivity index (χ3v) is 2.43. The van der Waals surface area contributed by atoms with E-state index in [-0.39, 0.29) is 17.0 Å². The molecular formula is C12H16N2O3. The minimum absolute atomic E-state index is 0.0359.